The number of carboxylic acids is 1. The minimum atomic E-state index is -1.55. The van der Waals surface area contributed by atoms with Crippen LogP contribution in [0.25, 0.3) is 0 Å². The Morgan fingerprint density at radius 2 is 1.81 bits per heavy atom. The van der Waals surface area contributed by atoms with Crippen molar-refractivity contribution in [2.45, 2.75) is 44.9 Å². The zero-order valence-corrected chi connectivity index (χ0v) is 12.0. The smallest absolute Gasteiger partial charge is 0.372 e. The van der Waals surface area contributed by atoms with Gasteiger partial charge in [-0.1, -0.05) is 50.3 Å². The maximum Gasteiger partial charge on any atom is 0.372 e. The summed E-state index contributed by atoms with van der Waals surface area (Å²) in [6.45, 7) is 0. The normalized spacial score (nSPS) is 15.6. The maximum absolute atomic E-state index is 11.9. The fourth-order valence-electron chi connectivity index (χ4n) is 2.92. The summed E-state index contributed by atoms with van der Waals surface area (Å²) in [6, 6.07) is 7.23. The number of hydrogen-bond donors (Lipinski definition) is 1. The molecule has 112 valence electrons. The molecule has 4 heteroatoms. The Balaban J connectivity index is 2.01. The van der Waals surface area contributed by atoms with Crippen molar-refractivity contribution in [3.05, 3.63) is 35.4 Å². The summed E-state index contributed by atoms with van der Waals surface area (Å²) >= 11 is 0. The fraction of sp³-hybridized carbons (Fsp3) is 0.471. The van der Waals surface area contributed by atoms with E-state index in [0.29, 0.717) is 11.5 Å². The molecular weight excluding hydrogens is 268 g/mol. The van der Waals surface area contributed by atoms with Gasteiger partial charge in [0.15, 0.2) is 5.78 Å². The summed E-state index contributed by atoms with van der Waals surface area (Å²) in [7, 11) is 0. The third-order valence-electron chi connectivity index (χ3n) is 4.06. The SMILES string of the molecule is O=C(O)C(=O)CC(=O)c1cccc(CC2CCCCC2)c1. The fourth-order valence-corrected chi connectivity index (χ4v) is 2.92. The lowest BCUT2D eigenvalue weighted by molar-refractivity contribution is -0.148. The molecule has 0 aromatic heterocycles. The van der Waals surface area contributed by atoms with E-state index in [-0.39, 0.29) is 0 Å². The molecule has 0 radical (unpaired) electrons. The predicted molar refractivity (Wildman–Crippen MR) is 78.3 cm³/mol. The monoisotopic (exact) mass is 288 g/mol. The lowest BCUT2D eigenvalue weighted by Gasteiger charge is -2.21. The summed E-state index contributed by atoms with van der Waals surface area (Å²) in [5.74, 6) is -2.36. The average Bonchev–Trinajstić information content (AvgIpc) is 2.48. The standard InChI is InChI=1S/C17H20O4/c18-15(11-16(19)17(20)21)14-8-4-7-13(10-14)9-12-5-2-1-3-6-12/h4,7-8,10,12H,1-3,5-6,9,11H2,(H,20,21). The molecule has 4 nitrogen and oxygen atoms in total. The zero-order chi connectivity index (χ0) is 15.2. The van der Waals surface area contributed by atoms with Crippen molar-refractivity contribution in [3.63, 3.8) is 0 Å². The highest BCUT2D eigenvalue weighted by molar-refractivity contribution is 6.37. The summed E-state index contributed by atoms with van der Waals surface area (Å²) in [6.07, 6.45) is 6.71. The Hall–Kier alpha value is -1.97. The number of aliphatic carboxylic acids is 1. The van der Waals surface area contributed by atoms with E-state index in [9.17, 15) is 14.4 Å². The Bertz CT molecular complexity index is 541. The van der Waals surface area contributed by atoms with Crippen LogP contribution in [0.3, 0.4) is 0 Å². The molecule has 0 spiro atoms. The second kappa shape index (κ2) is 7.16. The first-order valence-corrected chi connectivity index (χ1v) is 7.44. The van der Waals surface area contributed by atoms with Crippen LogP contribution in [0.5, 0.6) is 0 Å². The van der Waals surface area contributed by atoms with Gasteiger partial charge in [-0.2, -0.15) is 0 Å². The van der Waals surface area contributed by atoms with Gasteiger partial charge in [-0.05, 0) is 24.0 Å². The van der Waals surface area contributed by atoms with Crippen LogP contribution in [-0.2, 0) is 16.0 Å². The van der Waals surface area contributed by atoms with E-state index in [1.165, 1.54) is 32.1 Å². The lowest BCUT2D eigenvalue weighted by Crippen LogP contribution is -2.17. The van der Waals surface area contributed by atoms with E-state index < -0.39 is 24.0 Å². The zero-order valence-electron chi connectivity index (χ0n) is 12.0. The first kappa shape index (κ1) is 15.4. The highest BCUT2D eigenvalue weighted by Crippen LogP contribution is 2.27. The summed E-state index contributed by atoms with van der Waals surface area (Å²) in [5.41, 5.74) is 1.52. The van der Waals surface area contributed by atoms with Crippen LogP contribution < -0.4 is 0 Å². The molecule has 0 aliphatic heterocycles. The second-order valence-electron chi connectivity index (χ2n) is 5.74. The molecule has 0 unspecified atom stereocenters. The Labute approximate surface area is 124 Å². The van der Waals surface area contributed by atoms with Crippen LogP contribution in [0.4, 0.5) is 0 Å². The van der Waals surface area contributed by atoms with Crippen LogP contribution in [0.15, 0.2) is 24.3 Å². The Kier molecular flexibility index (Phi) is 5.26. The minimum Gasteiger partial charge on any atom is -0.475 e. The summed E-state index contributed by atoms with van der Waals surface area (Å²) in [4.78, 5) is 33.5. The number of ketones is 2. The van der Waals surface area contributed by atoms with Gasteiger partial charge in [0, 0.05) is 5.56 Å². The molecule has 21 heavy (non-hydrogen) atoms. The van der Waals surface area contributed by atoms with E-state index in [0.717, 1.165) is 12.0 Å². The second-order valence-corrected chi connectivity index (χ2v) is 5.74. The van der Waals surface area contributed by atoms with E-state index in [1.807, 2.05) is 6.07 Å². The predicted octanol–water partition coefficient (Wildman–Crippen LogP) is 3.04. The van der Waals surface area contributed by atoms with Crippen molar-refractivity contribution < 1.29 is 19.5 Å². The van der Waals surface area contributed by atoms with E-state index in [1.54, 1.807) is 18.2 Å². The first-order chi connectivity index (χ1) is 10.1. The summed E-state index contributed by atoms with van der Waals surface area (Å²) in [5, 5.41) is 8.55. The minimum absolute atomic E-state index is 0.423. The first-order valence-electron chi connectivity index (χ1n) is 7.44. The highest BCUT2D eigenvalue weighted by atomic mass is 16.4. The van der Waals surface area contributed by atoms with Gasteiger partial charge in [-0.3, -0.25) is 9.59 Å². The van der Waals surface area contributed by atoms with E-state index in [4.69, 9.17) is 5.11 Å². The maximum atomic E-state index is 11.9. The van der Waals surface area contributed by atoms with Gasteiger partial charge in [-0.25, -0.2) is 4.79 Å². The highest BCUT2D eigenvalue weighted by Gasteiger charge is 2.19. The summed E-state index contributed by atoms with van der Waals surface area (Å²) < 4.78 is 0. The van der Waals surface area contributed by atoms with Gasteiger partial charge >= 0.3 is 5.97 Å². The molecule has 1 fully saturated rings. The molecule has 0 saturated heterocycles. The third-order valence-corrected chi connectivity index (χ3v) is 4.06. The number of carboxylic acid groups (broad SMARTS) is 1. The van der Waals surface area contributed by atoms with Crippen molar-refractivity contribution in [3.8, 4) is 0 Å². The van der Waals surface area contributed by atoms with Gasteiger partial charge in [0.1, 0.15) is 0 Å². The van der Waals surface area contributed by atoms with Gasteiger partial charge < -0.3 is 5.11 Å². The van der Waals surface area contributed by atoms with Crippen molar-refractivity contribution in [1.29, 1.82) is 0 Å². The molecule has 0 amide bonds. The lowest BCUT2D eigenvalue weighted by atomic mass is 9.84. The Morgan fingerprint density at radius 1 is 1.10 bits per heavy atom. The molecule has 1 aromatic carbocycles. The number of hydrogen-bond acceptors (Lipinski definition) is 3. The van der Waals surface area contributed by atoms with Gasteiger partial charge in [0.2, 0.25) is 5.78 Å². The van der Waals surface area contributed by atoms with Crippen LogP contribution in [0, 0.1) is 5.92 Å². The van der Waals surface area contributed by atoms with Gasteiger partial charge in [0.05, 0.1) is 6.42 Å². The number of rotatable bonds is 6. The topological polar surface area (TPSA) is 71.4 Å². The number of carbonyl (C=O) groups excluding carboxylic acids is 2. The quantitative estimate of drug-likeness (QED) is 0.496. The van der Waals surface area contributed by atoms with Crippen molar-refractivity contribution in [2.75, 3.05) is 0 Å². The average molecular weight is 288 g/mol. The number of Topliss-reactive ketones (excluding diaryl/α,β-unsaturated/α-hetero) is 2. The molecule has 0 bridgehead atoms. The molecule has 0 heterocycles. The van der Waals surface area contributed by atoms with Crippen molar-refractivity contribution in [2.24, 2.45) is 5.92 Å². The molecule has 1 aliphatic rings. The van der Waals surface area contributed by atoms with Crippen molar-refractivity contribution in [1.82, 2.24) is 0 Å². The van der Waals surface area contributed by atoms with Crippen LogP contribution in [0.1, 0.15) is 54.4 Å². The third kappa shape index (κ3) is 4.52. The number of benzene rings is 1. The molecule has 1 aromatic rings. The van der Waals surface area contributed by atoms with Crippen LogP contribution >= 0.6 is 0 Å². The molecule has 1 saturated carbocycles. The molecule has 1 aliphatic carbocycles. The van der Waals surface area contributed by atoms with E-state index >= 15 is 0 Å². The number of carbonyl (C=O) groups is 3. The van der Waals surface area contributed by atoms with Crippen LogP contribution in [0.2, 0.25) is 0 Å². The molecule has 2 rings (SSSR count). The van der Waals surface area contributed by atoms with Gasteiger partial charge in [0.25, 0.3) is 0 Å². The molecule has 0 atom stereocenters. The van der Waals surface area contributed by atoms with Crippen LogP contribution in [-0.4, -0.2) is 22.6 Å². The molecular formula is C17H20O4. The molecule has 1 N–H and O–H groups in total. The van der Waals surface area contributed by atoms with Crippen molar-refractivity contribution >= 4 is 17.5 Å². The van der Waals surface area contributed by atoms with E-state index in [2.05, 4.69) is 0 Å². The van der Waals surface area contributed by atoms with Gasteiger partial charge in [-0.15, -0.1) is 0 Å². The Morgan fingerprint density at radius 3 is 2.48 bits per heavy atom. The largest absolute Gasteiger partial charge is 0.475 e.